The summed E-state index contributed by atoms with van der Waals surface area (Å²) >= 11 is 0. The first-order valence-corrected chi connectivity index (χ1v) is 3.85. The lowest BCUT2D eigenvalue weighted by Gasteiger charge is -1.95. The third kappa shape index (κ3) is 0.250. The standard InChI is InChI=1S/C9H10/c1-2-5-9-6-3-4-7(9)8(6)9/h6-8H,3-4H2,1H3/t6-,7+,8?,9?. The number of hydrogen-bond donors (Lipinski definition) is 0. The predicted octanol–water partition coefficient (Wildman–Crippen LogP) is 1.67. The van der Waals surface area contributed by atoms with Gasteiger partial charge in [0.15, 0.2) is 0 Å². The van der Waals surface area contributed by atoms with E-state index in [2.05, 4.69) is 11.8 Å². The van der Waals surface area contributed by atoms with Gasteiger partial charge in [-0.3, -0.25) is 0 Å². The second-order valence-corrected chi connectivity index (χ2v) is 3.62. The molecule has 4 saturated carbocycles. The van der Waals surface area contributed by atoms with E-state index in [1.54, 1.807) is 0 Å². The molecule has 0 aromatic heterocycles. The second kappa shape index (κ2) is 0.944. The van der Waals surface area contributed by atoms with Gasteiger partial charge in [0.05, 0.1) is 0 Å². The molecule has 0 spiro atoms. The Balaban J connectivity index is 2.01. The molecule has 0 aromatic rings. The first-order chi connectivity index (χ1) is 4.41. The van der Waals surface area contributed by atoms with Gasteiger partial charge in [0.2, 0.25) is 0 Å². The van der Waals surface area contributed by atoms with Crippen molar-refractivity contribution in [3.05, 3.63) is 0 Å². The molecule has 2 bridgehead atoms. The smallest absolute Gasteiger partial charge is 0.0411 e. The van der Waals surface area contributed by atoms with Gasteiger partial charge in [-0.2, -0.15) is 0 Å². The van der Waals surface area contributed by atoms with Crippen molar-refractivity contribution in [1.29, 1.82) is 0 Å². The predicted molar refractivity (Wildman–Crippen MR) is 35.6 cm³/mol. The SMILES string of the molecule is CC#CC12C3[C@H]1CC[C@@H]32. The lowest BCUT2D eigenvalue weighted by atomic mass is 10.1. The Morgan fingerprint density at radius 3 is 2.44 bits per heavy atom. The molecule has 0 heterocycles. The summed E-state index contributed by atoms with van der Waals surface area (Å²) in [5.41, 5.74) is 0.634. The fourth-order valence-electron chi connectivity index (χ4n) is 3.14. The Bertz CT molecular complexity index is 207. The fraction of sp³-hybridized carbons (Fsp3) is 0.778. The van der Waals surface area contributed by atoms with Crippen molar-refractivity contribution in [3.8, 4) is 11.8 Å². The molecule has 4 aliphatic carbocycles. The molecule has 4 atom stereocenters. The summed E-state index contributed by atoms with van der Waals surface area (Å²) in [5.74, 6) is 9.66. The Morgan fingerprint density at radius 1 is 1.33 bits per heavy atom. The van der Waals surface area contributed by atoms with Gasteiger partial charge >= 0.3 is 0 Å². The topological polar surface area (TPSA) is 0 Å². The van der Waals surface area contributed by atoms with Crippen LogP contribution in [-0.4, -0.2) is 0 Å². The van der Waals surface area contributed by atoms with Crippen molar-refractivity contribution < 1.29 is 0 Å². The highest BCUT2D eigenvalue weighted by Gasteiger charge is 2.88. The molecule has 0 aromatic carbocycles. The summed E-state index contributed by atoms with van der Waals surface area (Å²) in [6, 6.07) is 0. The van der Waals surface area contributed by atoms with E-state index in [0.29, 0.717) is 5.41 Å². The molecule has 2 unspecified atom stereocenters. The molecule has 0 amide bonds. The van der Waals surface area contributed by atoms with E-state index >= 15 is 0 Å². The van der Waals surface area contributed by atoms with Gasteiger partial charge in [-0.05, 0) is 37.5 Å². The molecule has 0 aliphatic heterocycles. The van der Waals surface area contributed by atoms with Crippen LogP contribution in [0.15, 0.2) is 0 Å². The molecule has 0 radical (unpaired) electrons. The average Bonchev–Trinajstić information content (AvgIpc) is 2.56. The molecule has 4 rings (SSSR count). The Hall–Kier alpha value is -0.440. The van der Waals surface area contributed by atoms with Crippen molar-refractivity contribution in [2.75, 3.05) is 0 Å². The largest absolute Gasteiger partial charge is 0.106 e. The summed E-state index contributed by atoms with van der Waals surface area (Å²) in [6.45, 7) is 1.97. The summed E-state index contributed by atoms with van der Waals surface area (Å²) < 4.78 is 0. The number of rotatable bonds is 0. The molecule has 0 saturated heterocycles. The van der Waals surface area contributed by atoms with E-state index < -0.39 is 0 Å². The second-order valence-electron chi connectivity index (χ2n) is 3.62. The van der Waals surface area contributed by atoms with Crippen LogP contribution < -0.4 is 0 Å². The zero-order chi connectivity index (χ0) is 6.06. The van der Waals surface area contributed by atoms with E-state index in [4.69, 9.17) is 0 Å². The van der Waals surface area contributed by atoms with Gasteiger partial charge in [-0.1, -0.05) is 5.92 Å². The Labute approximate surface area is 55.6 Å². The maximum atomic E-state index is 3.38. The van der Waals surface area contributed by atoms with Gasteiger partial charge in [-0.15, -0.1) is 5.92 Å². The van der Waals surface area contributed by atoms with Crippen molar-refractivity contribution in [3.63, 3.8) is 0 Å². The van der Waals surface area contributed by atoms with Crippen molar-refractivity contribution >= 4 is 0 Å². The number of fused-ring (bicyclic) bond motifs is 1. The molecule has 4 aliphatic rings. The van der Waals surface area contributed by atoms with Gasteiger partial charge in [0.1, 0.15) is 0 Å². The zero-order valence-electron chi connectivity index (χ0n) is 5.65. The van der Waals surface area contributed by atoms with Crippen LogP contribution in [-0.2, 0) is 0 Å². The van der Waals surface area contributed by atoms with E-state index in [1.807, 2.05) is 6.92 Å². The summed E-state index contributed by atoms with van der Waals surface area (Å²) in [7, 11) is 0. The van der Waals surface area contributed by atoms with E-state index in [0.717, 1.165) is 17.8 Å². The normalized spacial score (nSPS) is 63.9. The monoisotopic (exact) mass is 118 g/mol. The number of hydrogen-bond acceptors (Lipinski definition) is 0. The molecule has 46 valence electrons. The highest BCUT2D eigenvalue weighted by molar-refractivity contribution is 5.46. The third-order valence-electron chi connectivity index (χ3n) is 3.56. The summed E-state index contributed by atoms with van der Waals surface area (Å²) in [4.78, 5) is 0. The minimum absolute atomic E-state index is 0.634. The Morgan fingerprint density at radius 2 is 2.00 bits per heavy atom. The molecular formula is C9H10. The maximum Gasteiger partial charge on any atom is 0.0411 e. The average molecular weight is 118 g/mol. The maximum absolute atomic E-state index is 3.38. The van der Waals surface area contributed by atoms with E-state index in [1.165, 1.54) is 12.8 Å². The van der Waals surface area contributed by atoms with Gasteiger partial charge in [0.25, 0.3) is 0 Å². The molecule has 0 heteroatoms. The lowest BCUT2D eigenvalue weighted by Crippen LogP contribution is -1.93. The third-order valence-corrected chi connectivity index (χ3v) is 3.56. The van der Waals surface area contributed by atoms with Crippen LogP contribution in [0, 0.1) is 35.0 Å². The Kier molecular flexibility index (Phi) is 0.460. The van der Waals surface area contributed by atoms with Crippen LogP contribution >= 0.6 is 0 Å². The molecule has 0 nitrogen and oxygen atoms in total. The van der Waals surface area contributed by atoms with E-state index in [9.17, 15) is 0 Å². The van der Waals surface area contributed by atoms with Crippen LogP contribution in [0.3, 0.4) is 0 Å². The van der Waals surface area contributed by atoms with Gasteiger partial charge < -0.3 is 0 Å². The van der Waals surface area contributed by atoms with Crippen LogP contribution in [0.5, 0.6) is 0 Å². The summed E-state index contributed by atoms with van der Waals surface area (Å²) in [6.07, 6.45) is 2.98. The quantitative estimate of drug-likeness (QED) is 0.424. The van der Waals surface area contributed by atoms with Crippen molar-refractivity contribution in [2.24, 2.45) is 23.2 Å². The van der Waals surface area contributed by atoms with Crippen molar-refractivity contribution in [1.82, 2.24) is 0 Å². The zero-order valence-corrected chi connectivity index (χ0v) is 5.65. The highest BCUT2D eigenvalue weighted by Crippen LogP contribution is 2.91. The fourth-order valence-corrected chi connectivity index (χ4v) is 3.14. The van der Waals surface area contributed by atoms with Crippen molar-refractivity contribution in [2.45, 2.75) is 19.8 Å². The van der Waals surface area contributed by atoms with Gasteiger partial charge in [0, 0.05) is 5.41 Å². The summed E-state index contributed by atoms with van der Waals surface area (Å²) in [5, 5.41) is 0. The molecular weight excluding hydrogens is 108 g/mol. The van der Waals surface area contributed by atoms with Crippen LogP contribution in [0.2, 0.25) is 0 Å². The molecule has 4 fully saturated rings. The first-order valence-electron chi connectivity index (χ1n) is 3.85. The minimum atomic E-state index is 0.634. The minimum Gasteiger partial charge on any atom is -0.106 e. The van der Waals surface area contributed by atoms with E-state index in [-0.39, 0.29) is 0 Å². The van der Waals surface area contributed by atoms with Crippen LogP contribution in [0.1, 0.15) is 19.8 Å². The first kappa shape index (κ1) is 4.39. The molecule has 0 N–H and O–H groups in total. The van der Waals surface area contributed by atoms with Crippen LogP contribution in [0.25, 0.3) is 0 Å². The highest BCUT2D eigenvalue weighted by atomic mass is 14.9. The lowest BCUT2D eigenvalue weighted by molar-refractivity contribution is 0.585. The van der Waals surface area contributed by atoms with Gasteiger partial charge in [-0.25, -0.2) is 0 Å². The van der Waals surface area contributed by atoms with Crippen LogP contribution in [0.4, 0.5) is 0 Å². The molecule has 9 heavy (non-hydrogen) atoms.